The van der Waals surface area contributed by atoms with Gasteiger partial charge in [0.25, 0.3) is 0 Å². The van der Waals surface area contributed by atoms with Crippen molar-refractivity contribution in [1.82, 2.24) is 15.3 Å². The van der Waals surface area contributed by atoms with Crippen molar-refractivity contribution in [1.29, 1.82) is 0 Å². The molecule has 2 heterocycles. The van der Waals surface area contributed by atoms with Crippen molar-refractivity contribution in [3.63, 3.8) is 0 Å². The molecule has 2 rings (SSSR count). The van der Waals surface area contributed by atoms with Gasteiger partial charge in [0.15, 0.2) is 0 Å². The molecule has 0 spiro atoms. The summed E-state index contributed by atoms with van der Waals surface area (Å²) in [4.78, 5) is 19.4. The first-order valence-electron chi connectivity index (χ1n) is 6.38. The molecule has 1 atom stereocenters. The lowest BCUT2D eigenvalue weighted by Crippen LogP contribution is -2.49. The quantitative estimate of drug-likeness (QED) is 0.837. The number of ether oxygens (including phenoxy) is 1. The van der Waals surface area contributed by atoms with Crippen LogP contribution in [-0.4, -0.2) is 60.0 Å². The van der Waals surface area contributed by atoms with Crippen molar-refractivity contribution in [2.75, 3.05) is 31.6 Å². The first-order chi connectivity index (χ1) is 10.2. The second-order valence-corrected chi connectivity index (χ2v) is 4.52. The second-order valence-electron chi connectivity index (χ2n) is 4.52. The number of aliphatic carboxylic acids is 1. The van der Waals surface area contributed by atoms with Gasteiger partial charge in [-0.2, -0.15) is 13.2 Å². The highest BCUT2D eigenvalue weighted by atomic mass is 19.4. The van der Waals surface area contributed by atoms with E-state index in [4.69, 9.17) is 14.6 Å². The predicted molar refractivity (Wildman–Crippen MR) is 72.0 cm³/mol. The number of alkyl halides is 3. The van der Waals surface area contributed by atoms with Gasteiger partial charge in [-0.1, -0.05) is 0 Å². The van der Waals surface area contributed by atoms with Gasteiger partial charge in [-0.3, -0.25) is 0 Å². The van der Waals surface area contributed by atoms with Crippen LogP contribution in [0.15, 0.2) is 12.4 Å². The van der Waals surface area contributed by atoms with E-state index in [9.17, 15) is 13.2 Å². The second kappa shape index (κ2) is 7.78. The standard InChI is InChI=1S/C10H16N4O.C2HF3O2/c1-8-6-14(4-3-11-8)9-5-10(15-2)13-7-12-9;3-2(4,5)1(6)7/h5,7-8,11H,3-4,6H2,1-2H3;(H,6,7)/t8-;/m0./s1. The number of aromatic nitrogens is 2. The Morgan fingerprint density at radius 1 is 1.50 bits per heavy atom. The number of carboxylic acid groups (broad SMARTS) is 1. The molecule has 1 aromatic rings. The van der Waals surface area contributed by atoms with E-state index in [1.54, 1.807) is 13.4 Å². The van der Waals surface area contributed by atoms with Crippen molar-refractivity contribution >= 4 is 11.8 Å². The zero-order valence-electron chi connectivity index (χ0n) is 12.1. The van der Waals surface area contributed by atoms with Crippen molar-refractivity contribution in [3.8, 4) is 5.88 Å². The molecule has 0 bridgehead atoms. The third kappa shape index (κ3) is 5.72. The van der Waals surface area contributed by atoms with Gasteiger partial charge in [0.05, 0.1) is 7.11 Å². The van der Waals surface area contributed by atoms with Crippen molar-refractivity contribution in [3.05, 3.63) is 12.4 Å². The van der Waals surface area contributed by atoms with Crippen LogP contribution in [0, 0.1) is 0 Å². The van der Waals surface area contributed by atoms with Crippen molar-refractivity contribution in [2.24, 2.45) is 0 Å². The number of halogens is 3. The minimum absolute atomic E-state index is 0.500. The monoisotopic (exact) mass is 322 g/mol. The Morgan fingerprint density at radius 3 is 2.64 bits per heavy atom. The maximum absolute atomic E-state index is 10.6. The Kier molecular flexibility index (Phi) is 6.35. The van der Waals surface area contributed by atoms with Gasteiger partial charge in [-0.15, -0.1) is 0 Å². The predicted octanol–water partition coefficient (Wildman–Crippen LogP) is 0.917. The van der Waals surface area contributed by atoms with E-state index in [0.717, 1.165) is 25.5 Å². The number of carboxylic acids is 1. The topological polar surface area (TPSA) is 87.6 Å². The molecule has 0 amide bonds. The number of rotatable bonds is 2. The Labute approximate surface area is 125 Å². The maximum atomic E-state index is 10.6. The van der Waals surface area contributed by atoms with Crippen molar-refractivity contribution in [2.45, 2.75) is 19.1 Å². The summed E-state index contributed by atoms with van der Waals surface area (Å²) < 4.78 is 36.8. The van der Waals surface area contributed by atoms with Crippen LogP contribution >= 0.6 is 0 Å². The Balaban J connectivity index is 0.000000295. The molecule has 22 heavy (non-hydrogen) atoms. The van der Waals surface area contributed by atoms with Crippen LogP contribution in [0.4, 0.5) is 19.0 Å². The fourth-order valence-electron chi connectivity index (χ4n) is 1.75. The van der Waals surface area contributed by atoms with E-state index in [0.29, 0.717) is 11.9 Å². The Morgan fingerprint density at radius 2 is 2.14 bits per heavy atom. The molecule has 0 aromatic carbocycles. The molecule has 1 aliphatic heterocycles. The highest BCUT2D eigenvalue weighted by Crippen LogP contribution is 2.16. The van der Waals surface area contributed by atoms with Gasteiger partial charge in [-0.25, -0.2) is 14.8 Å². The number of nitrogens with zero attached hydrogens (tertiary/aromatic N) is 3. The fourth-order valence-corrected chi connectivity index (χ4v) is 1.75. The maximum Gasteiger partial charge on any atom is 0.490 e. The number of piperazine rings is 1. The number of hydrogen-bond donors (Lipinski definition) is 2. The average Bonchev–Trinajstić information content (AvgIpc) is 2.47. The zero-order valence-corrected chi connectivity index (χ0v) is 12.1. The number of anilines is 1. The summed E-state index contributed by atoms with van der Waals surface area (Å²) in [5, 5.41) is 10.5. The highest BCUT2D eigenvalue weighted by Gasteiger charge is 2.38. The molecule has 0 saturated carbocycles. The van der Waals surface area contributed by atoms with Crippen LogP contribution in [0.3, 0.4) is 0 Å². The summed E-state index contributed by atoms with van der Waals surface area (Å²) in [6, 6.07) is 2.37. The molecule has 1 fully saturated rings. The van der Waals surface area contributed by atoms with Gasteiger partial charge < -0.3 is 20.1 Å². The average molecular weight is 322 g/mol. The minimum atomic E-state index is -5.08. The van der Waals surface area contributed by atoms with Gasteiger partial charge in [0.2, 0.25) is 5.88 Å². The van der Waals surface area contributed by atoms with Crippen LogP contribution in [0.25, 0.3) is 0 Å². The zero-order chi connectivity index (χ0) is 16.8. The molecule has 1 saturated heterocycles. The van der Waals surface area contributed by atoms with Crippen LogP contribution < -0.4 is 15.0 Å². The molecule has 0 radical (unpaired) electrons. The smallest absolute Gasteiger partial charge is 0.481 e. The number of nitrogens with one attached hydrogen (secondary N) is 1. The number of hydrogen-bond acceptors (Lipinski definition) is 6. The third-order valence-electron chi connectivity index (χ3n) is 2.77. The van der Waals surface area contributed by atoms with Crippen LogP contribution in [-0.2, 0) is 4.79 Å². The van der Waals surface area contributed by atoms with Gasteiger partial charge in [-0.05, 0) is 6.92 Å². The van der Waals surface area contributed by atoms with E-state index in [1.165, 1.54) is 0 Å². The molecule has 124 valence electrons. The lowest BCUT2D eigenvalue weighted by molar-refractivity contribution is -0.192. The Hall–Kier alpha value is -2.10. The van der Waals surface area contributed by atoms with Gasteiger partial charge in [0, 0.05) is 31.7 Å². The van der Waals surface area contributed by atoms with E-state index >= 15 is 0 Å². The number of carbonyl (C=O) groups is 1. The molecule has 7 nitrogen and oxygen atoms in total. The number of methoxy groups -OCH3 is 1. The summed E-state index contributed by atoms with van der Waals surface area (Å²) in [6.45, 7) is 5.11. The molecule has 1 aliphatic rings. The minimum Gasteiger partial charge on any atom is -0.481 e. The summed E-state index contributed by atoms with van der Waals surface area (Å²) in [5.74, 6) is -1.20. The lowest BCUT2D eigenvalue weighted by atomic mass is 10.2. The van der Waals surface area contributed by atoms with Crippen molar-refractivity contribution < 1.29 is 27.8 Å². The van der Waals surface area contributed by atoms with E-state index in [-0.39, 0.29) is 0 Å². The normalized spacial score (nSPS) is 18.2. The Bertz CT molecular complexity index is 499. The summed E-state index contributed by atoms with van der Waals surface area (Å²) in [6.07, 6.45) is -3.54. The summed E-state index contributed by atoms with van der Waals surface area (Å²) >= 11 is 0. The van der Waals surface area contributed by atoms with E-state index in [2.05, 4.69) is 27.1 Å². The largest absolute Gasteiger partial charge is 0.490 e. The highest BCUT2D eigenvalue weighted by molar-refractivity contribution is 5.73. The molecule has 0 unspecified atom stereocenters. The van der Waals surface area contributed by atoms with Crippen LogP contribution in [0.2, 0.25) is 0 Å². The van der Waals surface area contributed by atoms with Gasteiger partial charge in [0.1, 0.15) is 12.1 Å². The van der Waals surface area contributed by atoms with Crippen LogP contribution in [0.1, 0.15) is 6.92 Å². The first kappa shape index (κ1) is 18.0. The molecular formula is C12H17F3N4O3. The molecule has 2 N–H and O–H groups in total. The molecule has 0 aliphatic carbocycles. The summed E-state index contributed by atoms with van der Waals surface area (Å²) in [5.41, 5.74) is 0. The van der Waals surface area contributed by atoms with E-state index < -0.39 is 12.1 Å². The van der Waals surface area contributed by atoms with Gasteiger partial charge >= 0.3 is 12.1 Å². The summed E-state index contributed by atoms with van der Waals surface area (Å²) in [7, 11) is 1.62. The molecule has 1 aromatic heterocycles. The molecule has 10 heteroatoms. The first-order valence-corrected chi connectivity index (χ1v) is 6.38. The SMILES string of the molecule is COc1cc(N2CCN[C@@H](C)C2)ncn1.O=C(O)C(F)(F)F. The lowest BCUT2D eigenvalue weighted by Gasteiger charge is -2.32. The van der Waals surface area contributed by atoms with Crippen LogP contribution in [0.5, 0.6) is 5.88 Å². The van der Waals surface area contributed by atoms with E-state index in [1.807, 2.05) is 6.07 Å². The fraction of sp³-hybridized carbons (Fsp3) is 0.583. The molecular weight excluding hydrogens is 305 g/mol. The third-order valence-corrected chi connectivity index (χ3v) is 2.77.